The van der Waals surface area contributed by atoms with Crippen molar-refractivity contribution in [3.63, 3.8) is 0 Å². The fourth-order valence-corrected chi connectivity index (χ4v) is 3.90. The summed E-state index contributed by atoms with van der Waals surface area (Å²) in [7, 11) is 0. The van der Waals surface area contributed by atoms with Crippen molar-refractivity contribution in [2.24, 2.45) is 0 Å². The first-order valence-corrected chi connectivity index (χ1v) is 9.42. The zero-order chi connectivity index (χ0) is 18.8. The van der Waals surface area contributed by atoms with E-state index in [2.05, 4.69) is 19.7 Å². The summed E-state index contributed by atoms with van der Waals surface area (Å²) in [6, 6.07) is 6.12. The number of hydrogen-bond donors (Lipinski definition) is 0. The molecular weight excluding hydrogens is 349 g/mol. The Morgan fingerprint density at radius 2 is 2.04 bits per heavy atom. The Hall–Kier alpha value is -2.48. The molecule has 1 saturated heterocycles. The van der Waals surface area contributed by atoms with Crippen molar-refractivity contribution in [3.05, 3.63) is 41.7 Å². The van der Waals surface area contributed by atoms with Crippen LogP contribution in [-0.4, -0.2) is 56.7 Å². The molecule has 1 aromatic heterocycles. The van der Waals surface area contributed by atoms with Crippen LogP contribution in [0.4, 0.5) is 4.39 Å². The van der Waals surface area contributed by atoms with Crippen LogP contribution < -0.4 is 4.74 Å². The Morgan fingerprint density at radius 3 is 2.81 bits per heavy atom. The second-order valence-corrected chi connectivity index (χ2v) is 7.08. The largest absolute Gasteiger partial charge is 0.492 e. The number of likely N-dealkylation sites (tertiary alicyclic amines) is 1. The van der Waals surface area contributed by atoms with Gasteiger partial charge in [-0.15, -0.1) is 10.2 Å². The zero-order valence-corrected chi connectivity index (χ0v) is 15.5. The summed E-state index contributed by atoms with van der Waals surface area (Å²) in [5, 5.41) is 8.78. The molecule has 1 amide bonds. The normalized spacial score (nSPS) is 19.9. The SMILES string of the molecule is CC(=O)N1CCC[C@@H]1c1nnc2n1CCN(CCOc1ccc(F)cc1)C2. The Balaban J connectivity index is 1.35. The van der Waals surface area contributed by atoms with E-state index in [1.807, 2.05) is 4.90 Å². The van der Waals surface area contributed by atoms with Gasteiger partial charge in [-0.1, -0.05) is 0 Å². The average molecular weight is 373 g/mol. The predicted octanol–water partition coefficient (Wildman–Crippen LogP) is 2.00. The zero-order valence-electron chi connectivity index (χ0n) is 15.5. The number of carbonyl (C=O) groups is 1. The Labute approximate surface area is 157 Å². The molecule has 7 nitrogen and oxygen atoms in total. The van der Waals surface area contributed by atoms with Crippen LogP contribution in [0.15, 0.2) is 24.3 Å². The fourth-order valence-electron chi connectivity index (χ4n) is 3.90. The Morgan fingerprint density at radius 1 is 1.22 bits per heavy atom. The molecule has 0 saturated carbocycles. The number of aromatic nitrogens is 3. The molecule has 8 heteroatoms. The topological polar surface area (TPSA) is 63.5 Å². The number of fused-ring (bicyclic) bond motifs is 1. The quantitative estimate of drug-likeness (QED) is 0.802. The molecule has 2 aromatic rings. The lowest BCUT2D eigenvalue weighted by molar-refractivity contribution is -0.129. The predicted molar refractivity (Wildman–Crippen MR) is 96.6 cm³/mol. The van der Waals surface area contributed by atoms with Gasteiger partial charge in [0, 0.05) is 33.1 Å². The second kappa shape index (κ2) is 7.64. The van der Waals surface area contributed by atoms with E-state index < -0.39 is 0 Å². The lowest BCUT2D eigenvalue weighted by Crippen LogP contribution is -2.38. The molecule has 3 heterocycles. The molecule has 144 valence electrons. The summed E-state index contributed by atoms with van der Waals surface area (Å²) < 4.78 is 20.8. The van der Waals surface area contributed by atoms with Crippen molar-refractivity contribution in [3.8, 4) is 5.75 Å². The van der Waals surface area contributed by atoms with E-state index in [0.29, 0.717) is 18.9 Å². The maximum Gasteiger partial charge on any atom is 0.220 e. The number of rotatable bonds is 5. The molecule has 4 rings (SSSR count). The summed E-state index contributed by atoms with van der Waals surface area (Å²) >= 11 is 0. The minimum atomic E-state index is -0.265. The Bertz CT molecular complexity index is 807. The first kappa shape index (κ1) is 17.9. The summed E-state index contributed by atoms with van der Waals surface area (Å²) in [4.78, 5) is 16.0. The molecule has 2 aliphatic heterocycles. The van der Waals surface area contributed by atoms with E-state index in [-0.39, 0.29) is 17.8 Å². The molecule has 0 radical (unpaired) electrons. The summed E-state index contributed by atoms with van der Waals surface area (Å²) in [6.07, 6.45) is 1.96. The van der Waals surface area contributed by atoms with Gasteiger partial charge in [-0.05, 0) is 37.1 Å². The van der Waals surface area contributed by atoms with Crippen LogP contribution in [0.1, 0.15) is 37.5 Å². The smallest absolute Gasteiger partial charge is 0.220 e. The highest BCUT2D eigenvalue weighted by Crippen LogP contribution is 2.32. The average Bonchev–Trinajstić information content (AvgIpc) is 3.29. The number of amides is 1. The number of hydrogen-bond acceptors (Lipinski definition) is 5. The minimum absolute atomic E-state index is 0.0529. The molecule has 27 heavy (non-hydrogen) atoms. The number of benzene rings is 1. The molecule has 1 aromatic carbocycles. The van der Waals surface area contributed by atoms with Crippen LogP contribution in [0.5, 0.6) is 5.75 Å². The van der Waals surface area contributed by atoms with Crippen molar-refractivity contribution < 1.29 is 13.9 Å². The molecule has 0 unspecified atom stereocenters. The van der Waals surface area contributed by atoms with Gasteiger partial charge in [0.25, 0.3) is 0 Å². The monoisotopic (exact) mass is 373 g/mol. The number of carbonyl (C=O) groups excluding carboxylic acids is 1. The van der Waals surface area contributed by atoms with E-state index in [0.717, 1.165) is 50.7 Å². The molecule has 0 aliphatic carbocycles. The van der Waals surface area contributed by atoms with Gasteiger partial charge in [-0.3, -0.25) is 9.69 Å². The van der Waals surface area contributed by atoms with Gasteiger partial charge in [0.05, 0.1) is 12.6 Å². The van der Waals surface area contributed by atoms with E-state index in [1.165, 1.54) is 12.1 Å². The summed E-state index contributed by atoms with van der Waals surface area (Å²) in [6.45, 7) is 6.14. The minimum Gasteiger partial charge on any atom is -0.492 e. The van der Waals surface area contributed by atoms with Crippen molar-refractivity contribution >= 4 is 5.91 Å². The van der Waals surface area contributed by atoms with Gasteiger partial charge in [-0.2, -0.15) is 0 Å². The Kier molecular flexibility index (Phi) is 5.07. The molecule has 0 bridgehead atoms. The second-order valence-electron chi connectivity index (χ2n) is 7.08. The molecule has 0 spiro atoms. The first-order valence-electron chi connectivity index (χ1n) is 9.42. The maximum absolute atomic E-state index is 12.9. The van der Waals surface area contributed by atoms with Crippen molar-refractivity contribution in [2.75, 3.05) is 26.2 Å². The highest BCUT2D eigenvalue weighted by Gasteiger charge is 2.33. The van der Waals surface area contributed by atoms with E-state index in [9.17, 15) is 9.18 Å². The highest BCUT2D eigenvalue weighted by molar-refractivity contribution is 5.74. The highest BCUT2D eigenvalue weighted by atomic mass is 19.1. The lowest BCUT2D eigenvalue weighted by Gasteiger charge is -2.29. The standard InChI is InChI=1S/C19H24FN5O2/c1-14(26)24-8-2-3-17(24)19-22-21-18-13-23(9-10-25(18)19)11-12-27-16-6-4-15(20)5-7-16/h4-7,17H,2-3,8-13H2,1H3/t17-/m1/s1. The maximum atomic E-state index is 12.9. The van der Waals surface area contributed by atoms with Crippen LogP contribution in [-0.2, 0) is 17.9 Å². The van der Waals surface area contributed by atoms with Crippen LogP contribution in [0, 0.1) is 5.82 Å². The van der Waals surface area contributed by atoms with Gasteiger partial charge in [0.2, 0.25) is 5.91 Å². The lowest BCUT2D eigenvalue weighted by atomic mass is 10.2. The molecule has 1 atom stereocenters. The number of ether oxygens (including phenoxy) is 1. The van der Waals surface area contributed by atoms with Crippen molar-refractivity contribution in [2.45, 2.75) is 38.9 Å². The molecule has 1 fully saturated rings. The van der Waals surface area contributed by atoms with Crippen molar-refractivity contribution in [1.29, 1.82) is 0 Å². The van der Waals surface area contributed by atoms with Gasteiger partial charge in [-0.25, -0.2) is 4.39 Å². The van der Waals surface area contributed by atoms with Gasteiger partial charge >= 0.3 is 0 Å². The number of halogens is 1. The third-order valence-electron chi connectivity index (χ3n) is 5.31. The summed E-state index contributed by atoms with van der Waals surface area (Å²) in [5.74, 6) is 2.36. The van der Waals surface area contributed by atoms with Gasteiger partial charge in [0.15, 0.2) is 5.82 Å². The first-order chi connectivity index (χ1) is 13.1. The third kappa shape index (κ3) is 3.80. The fraction of sp³-hybridized carbons (Fsp3) is 0.526. The van der Waals surface area contributed by atoms with Crippen molar-refractivity contribution in [1.82, 2.24) is 24.6 Å². The van der Waals surface area contributed by atoms with Crippen LogP contribution in [0.2, 0.25) is 0 Å². The summed E-state index contributed by atoms with van der Waals surface area (Å²) in [5.41, 5.74) is 0. The van der Waals surface area contributed by atoms with Crippen LogP contribution >= 0.6 is 0 Å². The van der Waals surface area contributed by atoms with Crippen LogP contribution in [0.3, 0.4) is 0 Å². The van der Waals surface area contributed by atoms with E-state index >= 15 is 0 Å². The van der Waals surface area contributed by atoms with Crippen LogP contribution in [0.25, 0.3) is 0 Å². The van der Waals surface area contributed by atoms with Gasteiger partial charge < -0.3 is 14.2 Å². The molecule has 2 aliphatic rings. The third-order valence-corrected chi connectivity index (χ3v) is 5.31. The molecular formula is C19H24FN5O2. The number of nitrogens with zero attached hydrogens (tertiary/aromatic N) is 5. The van der Waals surface area contributed by atoms with E-state index in [1.54, 1.807) is 19.1 Å². The van der Waals surface area contributed by atoms with E-state index in [4.69, 9.17) is 4.74 Å². The van der Waals surface area contributed by atoms with Gasteiger partial charge in [0.1, 0.15) is 24.0 Å². The molecule has 0 N–H and O–H groups in total.